The fourth-order valence-corrected chi connectivity index (χ4v) is 2.63. The predicted molar refractivity (Wildman–Crippen MR) is 111 cm³/mol. The summed E-state index contributed by atoms with van der Waals surface area (Å²) in [6, 6.07) is -4.31. The fourth-order valence-electron chi connectivity index (χ4n) is 2.47. The average Bonchev–Trinajstić information content (AvgIpc) is 2.66. The zero-order chi connectivity index (χ0) is 22.7. The van der Waals surface area contributed by atoms with Crippen molar-refractivity contribution in [2.45, 2.75) is 64.7 Å². The maximum Gasteiger partial charge on any atom is 0.328 e. The van der Waals surface area contributed by atoms with E-state index < -0.39 is 54.5 Å². The third-order valence-corrected chi connectivity index (χ3v) is 4.86. The predicted octanol–water partition coefficient (Wildman–Crippen LogP) is -1.13. The number of aliphatic hydroxyl groups is 1. The van der Waals surface area contributed by atoms with Crippen molar-refractivity contribution in [2.75, 3.05) is 12.4 Å². The number of rotatable bonds is 13. The van der Waals surface area contributed by atoms with Gasteiger partial charge in [0.1, 0.15) is 18.1 Å². The number of nitrogens with two attached hydrogens (primary N) is 1. The fraction of sp³-hybridized carbons (Fsp3) is 0.778. The van der Waals surface area contributed by atoms with E-state index in [0.29, 0.717) is 6.42 Å². The van der Waals surface area contributed by atoms with Crippen molar-refractivity contribution in [2.24, 2.45) is 17.6 Å². The molecule has 0 radical (unpaired) electrons. The first-order valence-electron chi connectivity index (χ1n) is 9.59. The van der Waals surface area contributed by atoms with Crippen molar-refractivity contribution in [3.05, 3.63) is 0 Å². The molecule has 11 heteroatoms. The molecule has 5 unspecified atom stereocenters. The summed E-state index contributed by atoms with van der Waals surface area (Å²) in [5.41, 5.74) is 5.66. The van der Waals surface area contributed by atoms with Crippen LogP contribution in [-0.2, 0) is 19.2 Å². The molecule has 0 saturated carbocycles. The number of aliphatic hydroxyl groups excluding tert-OH is 1. The van der Waals surface area contributed by atoms with Crippen LogP contribution in [0.25, 0.3) is 0 Å². The highest BCUT2D eigenvalue weighted by molar-refractivity contribution is 7.80. The molecule has 0 aliphatic heterocycles. The van der Waals surface area contributed by atoms with Crippen LogP contribution in [0.1, 0.15) is 40.5 Å². The maximum atomic E-state index is 12.8. The van der Waals surface area contributed by atoms with Crippen LogP contribution in [0.4, 0.5) is 0 Å². The van der Waals surface area contributed by atoms with Crippen LogP contribution in [0.3, 0.4) is 0 Å². The van der Waals surface area contributed by atoms with Gasteiger partial charge in [0.15, 0.2) is 0 Å². The molecule has 0 aromatic carbocycles. The lowest BCUT2D eigenvalue weighted by atomic mass is 9.96. The summed E-state index contributed by atoms with van der Waals surface area (Å²) < 4.78 is 0. The normalized spacial score (nSPS) is 16.3. The van der Waals surface area contributed by atoms with E-state index in [1.54, 1.807) is 6.92 Å². The Labute approximate surface area is 176 Å². The minimum absolute atomic E-state index is 0.0118. The van der Waals surface area contributed by atoms with Gasteiger partial charge in [-0.2, -0.15) is 12.6 Å². The summed E-state index contributed by atoms with van der Waals surface area (Å²) in [5.74, 6) is -3.34. The van der Waals surface area contributed by atoms with E-state index in [2.05, 4.69) is 28.6 Å². The number of carboxylic acids is 1. The number of amides is 3. The Morgan fingerprint density at radius 1 is 0.966 bits per heavy atom. The molecule has 168 valence electrons. The van der Waals surface area contributed by atoms with Crippen LogP contribution in [0.15, 0.2) is 0 Å². The van der Waals surface area contributed by atoms with Gasteiger partial charge in [-0.05, 0) is 18.3 Å². The van der Waals surface area contributed by atoms with E-state index >= 15 is 0 Å². The molecule has 0 aliphatic rings. The summed E-state index contributed by atoms with van der Waals surface area (Å²) in [4.78, 5) is 48.5. The smallest absolute Gasteiger partial charge is 0.328 e. The van der Waals surface area contributed by atoms with E-state index in [1.165, 1.54) is 0 Å². The molecule has 3 amide bonds. The highest BCUT2D eigenvalue weighted by atomic mass is 32.1. The number of carboxylic acid groups (broad SMARTS) is 1. The zero-order valence-electron chi connectivity index (χ0n) is 17.3. The Kier molecular flexibility index (Phi) is 12.5. The van der Waals surface area contributed by atoms with E-state index in [-0.39, 0.29) is 24.0 Å². The standard InChI is InChI=1S/C18H34N4O6S/c1-5-10(4)14(22-15(24)11(19)8-29)17(26)20-12(6-9(2)3)16(25)21-13(7-23)18(27)28/h9-14,23,29H,5-8,19H2,1-4H3,(H,20,26)(H,21,25)(H,22,24)(H,27,28). The molecule has 0 spiro atoms. The molecule has 0 aromatic rings. The van der Waals surface area contributed by atoms with Crippen molar-refractivity contribution in [1.29, 1.82) is 0 Å². The van der Waals surface area contributed by atoms with Gasteiger partial charge >= 0.3 is 5.97 Å². The van der Waals surface area contributed by atoms with Gasteiger partial charge in [0.25, 0.3) is 0 Å². The first kappa shape index (κ1) is 27.1. The number of carbonyl (C=O) groups excluding carboxylic acids is 3. The van der Waals surface area contributed by atoms with Crippen LogP contribution in [0.2, 0.25) is 0 Å². The first-order chi connectivity index (χ1) is 13.5. The summed E-state index contributed by atoms with van der Waals surface area (Å²) in [7, 11) is 0. The minimum Gasteiger partial charge on any atom is -0.480 e. The number of nitrogens with one attached hydrogen (secondary N) is 3. The second-order valence-electron chi connectivity index (χ2n) is 7.43. The molecule has 5 atom stereocenters. The van der Waals surface area contributed by atoms with Gasteiger partial charge in [0, 0.05) is 5.75 Å². The van der Waals surface area contributed by atoms with E-state index in [0.717, 1.165) is 0 Å². The number of aliphatic carboxylic acids is 1. The summed E-state index contributed by atoms with van der Waals surface area (Å²) >= 11 is 3.97. The number of thiol groups is 1. The molecule has 0 bridgehead atoms. The Morgan fingerprint density at radius 3 is 1.93 bits per heavy atom. The third kappa shape index (κ3) is 9.46. The van der Waals surface area contributed by atoms with Crippen LogP contribution >= 0.6 is 12.6 Å². The quantitative estimate of drug-likeness (QED) is 0.180. The van der Waals surface area contributed by atoms with Gasteiger partial charge in [-0.1, -0.05) is 34.1 Å². The van der Waals surface area contributed by atoms with Gasteiger partial charge in [-0.3, -0.25) is 14.4 Å². The number of hydrogen-bond donors (Lipinski definition) is 7. The molecule has 7 N–H and O–H groups in total. The largest absolute Gasteiger partial charge is 0.480 e. The summed E-state index contributed by atoms with van der Waals surface area (Å²) in [6.07, 6.45) is 0.827. The lowest BCUT2D eigenvalue weighted by Crippen LogP contribution is -2.59. The highest BCUT2D eigenvalue weighted by Gasteiger charge is 2.32. The Bertz CT molecular complexity index is 575. The SMILES string of the molecule is CCC(C)C(NC(=O)C(N)CS)C(=O)NC(CC(C)C)C(=O)NC(CO)C(=O)O. The van der Waals surface area contributed by atoms with Gasteiger partial charge in [0.2, 0.25) is 17.7 Å². The minimum atomic E-state index is -1.48. The highest BCUT2D eigenvalue weighted by Crippen LogP contribution is 2.11. The van der Waals surface area contributed by atoms with Gasteiger partial charge in [-0.15, -0.1) is 0 Å². The molecular weight excluding hydrogens is 400 g/mol. The second-order valence-corrected chi connectivity index (χ2v) is 7.80. The molecule has 0 aromatic heterocycles. The van der Waals surface area contributed by atoms with Crippen molar-refractivity contribution < 1.29 is 29.4 Å². The van der Waals surface area contributed by atoms with Crippen LogP contribution in [0, 0.1) is 11.8 Å². The molecule has 10 nitrogen and oxygen atoms in total. The summed E-state index contributed by atoms with van der Waals surface area (Å²) in [5, 5.41) is 25.5. The molecule has 0 saturated heterocycles. The van der Waals surface area contributed by atoms with Gasteiger partial charge < -0.3 is 31.9 Å². The van der Waals surface area contributed by atoms with Gasteiger partial charge in [0.05, 0.1) is 12.6 Å². The summed E-state index contributed by atoms with van der Waals surface area (Å²) in [6.45, 7) is 6.53. The van der Waals surface area contributed by atoms with E-state index in [4.69, 9.17) is 15.9 Å². The second kappa shape index (κ2) is 13.4. The van der Waals surface area contributed by atoms with Crippen LogP contribution < -0.4 is 21.7 Å². The zero-order valence-corrected chi connectivity index (χ0v) is 18.2. The van der Waals surface area contributed by atoms with E-state index in [1.807, 2.05) is 20.8 Å². The third-order valence-electron chi connectivity index (χ3n) is 4.46. The lowest BCUT2D eigenvalue weighted by molar-refractivity contribution is -0.143. The average molecular weight is 435 g/mol. The molecule has 0 heterocycles. The van der Waals surface area contributed by atoms with Crippen molar-refractivity contribution in [3.8, 4) is 0 Å². The Balaban J connectivity index is 5.43. The lowest BCUT2D eigenvalue weighted by Gasteiger charge is -2.28. The van der Waals surface area contributed by atoms with E-state index in [9.17, 15) is 19.2 Å². The number of carbonyl (C=O) groups is 4. The van der Waals surface area contributed by atoms with Crippen molar-refractivity contribution >= 4 is 36.3 Å². The van der Waals surface area contributed by atoms with Crippen molar-refractivity contribution in [3.63, 3.8) is 0 Å². The van der Waals surface area contributed by atoms with Crippen LogP contribution in [0.5, 0.6) is 0 Å². The molecule has 0 aliphatic carbocycles. The topological polar surface area (TPSA) is 171 Å². The van der Waals surface area contributed by atoms with Gasteiger partial charge in [-0.25, -0.2) is 4.79 Å². The monoisotopic (exact) mass is 434 g/mol. The molecule has 29 heavy (non-hydrogen) atoms. The Hall–Kier alpha value is -1.85. The molecular formula is C18H34N4O6S. The Morgan fingerprint density at radius 2 is 1.52 bits per heavy atom. The van der Waals surface area contributed by atoms with Crippen LogP contribution in [-0.4, -0.2) is 70.4 Å². The first-order valence-corrected chi connectivity index (χ1v) is 10.2. The molecule has 0 fully saturated rings. The maximum absolute atomic E-state index is 12.8. The van der Waals surface area contributed by atoms with Crippen molar-refractivity contribution in [1.82, 2.24) is 16.0 Å². The number of hydrogen-bond acceptors (Lipinski definition) is 7. The molecule has 0 rings (SSSR count).